The van der Waals surface area contributed by atoms with Gasteiger partial charge in [0.1, 0.15) is 19.3 Å². The largest absolute Gasteiger partial charge is 0.756 e. The number of rotatable bonds is 55. The zero-order valence-electron chi connectivity index (χ0n) is 49.5. The Bertz CT molecular complexity index is 1560. The second-order valence-corrected chi connectivity index (χ2v) is 23.3. The van der Waals surface area contributed by atoms with Crippen LogP contribution in [0.2, 0.25) is 0 Å². The normalized spacial score (nSPS) is 14.3. The van der Waals surface area contributed by atoms with Crippen molar-refractivity contribution in [1.29, 1.82) is 0 Å². The maximum absolute atomic E-state index is 13.5. The van der Waals surface area contributed by atoms with E-state index < -0.39 is 32.5 Å². The fourth-order valence-corrected chi connectivity index (χ4v) is 9.21. The van der Waals surface area contributed by atoms with Gasteiger partial charge in [0.15, 0.2) is 0 Å². The third kappa shape index (κ3) is 55.7. The molecule has 3 unspecified atom stereocenters. The van der Waals surface area contributed by atoms with E-state index in [4.69, 9.17) is 13.8 Å². The van der Waals surface area contributed by atoms with Crippen molar-refractivity contribution < 1.29 is 37.3 Å². The van der Waals surface area contributed by atoms with Crippen LogP contribution in [0.25, 0.3) is 0 Å². The number of amides is 1. The lowest BCUT2D eigenvalue weighted by Crippen LogP contribution is -2.47. The number of unbranched alkanes of at least 4 members (excludes halogenated alkanes) is 27. The predicted molar refractivity (Wildman–Crippen MR) is 321 cm³/mol. The highest BCUT2D eigenvalue weighted by molar-refractivity contribution is 7.45. The number of phosphoric ester groups is 1. The van der Waals surface area contributed by atoms with Gasteiger partial charge in [0.25, 0.3) is 7.82 Å². The average molecular weight is 1070 g/mol. The van der Waals surface area contributed by atoms with E-state index in [1.54, 1.807) is 0 Å². The molecule has 75 heavy (non-hydrogen) atoms. The van der Waals surface area contributed by atoms with Gasteiger partial charge in [-0.2, -0.15) is 0 Å². The molecule has 3 atom stereocenters. The minimum atomic E-state index is -4.71. The van der Waals surface area contributed by atoms with E-state index in [-0.39, 0.29) is 18.9 Å². The Morgan fingerprint density at radius 2 is 0.827 bits per heavy atom. The molecule has 9 nitrogen and oxygen atoms in total. The lowest BCUT2D eigenvalue weighted by atomic mass is 10.0. The highest BCUT2D eigenvalue weighted by atomic mass is 31.2. The lowest BCUT2D eigenvalue weighted by Gasteiger charge is -2.30. The Morgan fingerprint density at radius 1 is 0.467 bits per heavy atom. The highest BCUT2D eigenvalue weighted by Gasteiger charge is 2.27. The van der Waals surface area contributed by atoms with Gasteiger partial charge in [0.2, 0.25) is 5.91 Å². The molecule has 0 aliphatic heterocycles. The van der Waals surface area contributed by atoms with Gasteiger partial charge in [-0.15, -0.1) is 0 Å². The second kappa shape index (κ2) is 54.5. The van der Waals surface area contributed by atoms with Gasteiger partial charge in [-0.25, -0.2) is 0 Å². The Labute approximate surface area is 463 Å². The lowest BCUT2D eigenvalue weighted by molar-refractivity contribution is -0.870. The summed E-state index contributed by atoms with van der Waals surface area (Å²) < 4.78 is 30.3. The summed E-state index contributed by atoms with van der Waals surface area (Å²) in [5, 5.41) is 3.01. The van der Waals surface area contributed by atoms with E-state index in [1.807, 2.05) is 33.3 Å². The van der Waals surface area contributed by atoms with Gasteiger partial charge >= 0.3 is 5.97 Å². The molecule has 0 radical (unpaired) electrons. The Hall–Kier alpha value is -2.81. The number of nitrogens with zero attached hydrogens (tertiary/aromatic N) is 1. The number of phosphoric acid groups is 1. The fraction of sp³-hybridized carbons (Fsp3) is 0.754. The first-order valence-electron chi connectivity index (χ1n) is 30.9. The van der Waals surface area contributed by atoms with Gasteiger partial charge in [0, 0.05) is 12.8 Å². The minimum absolute atomic E-state index is 0.0345. The van der Waals surface area contributed by atoms with Crippen molar-refractivity contribution in [3.8, 4) is 0 Å². The molecule has 1 amide bonds. The topological polar surface area (TPSA) is 114 Å². The van der Waals surface area contributed by atoms with Crippen molar-refractivity contribution in [2.75, 3.05) is 40.9 Å². The van der Waals surface area contributed by atoms with Crippen LogP contribution < -0.4 is 10.2 Å². The molecule has 0 saturated carbocycles. The van der Waals surface area contributed by atoms with Crippen LogP contribution in [0.1, 0.15) is 265 Å². The molecular formula is C65H117N2O7P. The molecule has 0 bridgehead atoms. The number of hydrogen-bond acceptors (Lipinski definition) is 7. The second-order valence-electron chi connectivity index (χ2n) is 21.8. The first-order chi connectivity index (χ1) is 36.4. The molecule has 0 aliphatic carbocycles. The predicted octanol–water partition coefficient (Wildman–Crippen LogP) is 18.4. The fourth-order valence-electron chi connectivity index (χ4n) is 8.49. The van der Waals surface area contributed by atoms with Crippen LogP contribution in [0.4, 0.5) is 0 Å². The summed E-state index contributed by atoms with van der Waals surface area (Å²) in [5.74, 6) is -0.611. The number of quaternary nitrogens is 1. The van der Waals surface area contributed by atoms with E-state index in [0.717, 1.165) is 83.5 Å². The van der Waals surface area contributed by atoms with Crippen molar-refractivity contribution in [1.82, 2.24) is 5.32 Å². The number of allylic oxidation sites excluding steroid dienone is 13. The van der Waals surface area contributed by atoms with Crippen molar-refractivity contribution in [3.63, 3.8) is 0 Å². The van der Waals surface area contributed by atoms with Crippen molar-refractivity contribution in [2.24, 2.45) is 0 Å². The number of likely N-dealkylation sites (N-methyl/N-ethyl adjacent to an activating group) is 1. The first-order valence-corrected chi connectivity index (χ1v) is 32.4. The summed E-state index contributed by atoms with van der Waals surface area (Å²) in [7, 11) is 1.15. The van der Waals surface area contributed by atoms with Crippen LogP contribution in [-0.2, 0) is 27.9 Å². The third-order valence-corrected chi connectivity index (χ3v) is 14.3. The quantitative estimate of drug-likeness (QED) is 0.0212. The zero-order chi connectivity index (χ0) is 55.0. The van der Waals surface area contributed by atoms with E-state index in [9.17, 15) is 19.0 Å². The number of hydrogen-bond donors (Lipinski definition) is 1. The van der Waals surface area contributed by atoms with Crippen molar-refractivity contribution in [3.05, 3.63) is 85.1 Å². The molecule has 1 N–H and O–H groups in total. The summed E-state index contributed by atoms with van der Waals surface area (Å²) in [5.41, 5.74) is 0. The summed E-state index contributed by atoms with van der Waals surface area (Å²) in [4.78, 5) is 40.0. The van der Waals surface area contributed by atoms with E-state index in [2.05, 4.69) is 99.0 Å². The monoisotopic (exact) mass is 1070 g/mol. The highest BCUT2D eigenvalue weighted by Crippen LogP contribution is 2.38. The maximum atomic E-state index is 13.5. The van der Waals surface area contributed by atoms with Gasteiger partial charge in [-0.1, -0.05) is 235 Å². The summed E-state index contributed by atoms with van der Waals surface area (Å²) in [6, 6.07) is -0.916. The van der Waals surface area contributed by atoms with Crippen LogP contribution in [-0.4, -0.2) is 69.4 Å². The van der Waals surface area contributed by atoms with Crippen LogP contribution in [0.5, 0.6) is 0 Å². The first kappa shape index (κ1) is 72.2. The number of carbonyl (C=O) groups excluding carboxylic acids is 2. The molecule has 0 heterocycles. The van der Waals surface area contributed by atoms with E-state index in [1.165, 1.54) is 141 Å². The van der Waals surface area contributed by atoms with Gasteiger partial charge in [-0.3, -0.25) is 14.2 Å². The van der Waals surface area contributed by atoms with Gasteiger partial charge < -0.3 is 28.5 Å². The number of ether oxygens (including phenoxy) is 1. The molecule has 0 rings (SSSR count). The molecule has 0 saturated heterocycles. The molecular weight excluding hydrogens is 952 g/mol. The average Bonchev–Trinajstić information content (AvgIpc) is 3.37. The molecule has 0 aromatic rings. The van der Waals surface area contributed by atoms with Gasteiger partial charge in [-0.05, 0) is 102 Å². The number of carbonyl (C=O) groups is 2. The van der Waals surface area contributed by atoms with Crippen LogP contribution >= 0.6 is 7.82 Å². The Morgan fingerprint density at radius 3 is 1.27 bits per heavy atom. The molecule has 0 aromatic heterocycles. The molecule has 434 valence electrons. The Kier molecular flexibility index (Phi) is 52.5. The molecule has 0 spiro atoms. The minimum Gasteiger partial charge on any atom is -0.756 e. The maximum Gasteiger partial charge on any atom is 0.306 e. The smallest absolute Gasteiger partial charge is 0.306 e. The number of nitrogens with one attached hydrogen (secondary N) is 1. The molecule has 0 aromatic carbocycles. The Balaban J connectivity index is 5.39. The van der Waals surface area contributed by atoms with Gasteiger partial charge in [0.05, 0.1) is 33.8 Å². The molecule has 0 aliphatic rings. The molecule has 0 fully saturated rings. The standard InChI is InChI=1S/C65H117N2O7P/c1-7-10-13-16-19-22-25-28-30-32-33-35-36-39-42-45-48-51-54-57-64(68)66-62(61-73-75(70,71)72-60-59-67(4,5)6)63(56-53-50-47-44-41-38-27-24-21-18-15-12-9-3)74-65(69)58-55-52-49-46-43-40-37-34-31-29-26-23-20-17-14-11-8-2/h19-20,22-23,28-31,37,40,46,49,53,56,62-63H,7-18,21,24-27,32-36,38-39,41-45,47-48,50-52,54-55,57-61H2,1-6H3,(H-,66,68,70,71)/b22-19-,23-20-,30-28-,31-29-,40-37-,49-46-,56-53+. The van der Waals surface area contributed by atoms with Crippen molar-refractivity contribution >= 4 is 19.7 Å². The summed E-state index contributed by atoms with van der Waals surface area (Å²) >= 11 is 0. The zero-order valence-corrected chi connectivity index (χ0v) is 50.4. The van der Waals surface area contributed by atoms with Crippen LogP contribution in [0.3, 0.4) is 0 Å². The van der Waals surface area contributed by atoms with E-state index >= 15 is 0 Å². The summed E-state index contributed by atoms with van der Waals surface area (Å²) in [6.45, 7) is 6.75. The van der Waals surface area contributed by atoms with Crippen LogP contribution in [0.15, 0.2) is 85.1 Å². The SMILES string of the molecule is CCCCC/C=C\C/C=C\C/C=C\C/C=C\CCCC(=O)OC(/C=C/CCCCCCCCCCCCC)C(COP(=O)([O-])OCC[N+](C)(C)C)NC(=O)CCCCCCCCCCC/C=C\C/C=C\CCCCC. The van der Waals surface area contributed by atoms with Crippen molar-refractivity contribution in [2.45, 2.75) is 277 Å². The van der Waals surface area contributed by atoms with E-state index in [0.29, 0.717) is 23.9 Å². The van der Waals surface area contributed by atoms with Crippen LogP contribution in [0, 0.1) is 0 Å². The summed E-state index contributed by atoms with van der Waals surface area (Å²) in [6.07, 6.45) is 71.2. The molecule has 10 heteroatoms. The third-order valence-electron chi connectivity index (χ3n) is 13.3. The number of esters is 1.